The minimum absolute atomic E-state index is 0.0535. The second kappa shape index (κ2) is 5.52. The van der Waals surface area contributed by atoms with E-state index in [0.717, 1.165) is 5.56 Å². The highest BCUT2D eigenvalue weighted by atomic mass is 16.5. The van der Waals surface area contributed by atoms with E-state index in [1.54, 1.807) is 35.9 Å². The number of hydrogen-bond donors (Lipinski definition) is 0. The van der Waals surface area contributed by atoms with E-state index in [0.29, 0.717) is 17.7 Å². The molecule has 0 bridgehead atoms. The zero-order chi connectivity index (χ0) is 13.8. The number of ether oxygens (including phenoxy) is 1. The Hall–Kier alpha value is -2.36. The molecule has 1 aromatic carbocycles. The zero-order valence-corrected chi connectivity index (χ0v) is 10.9. The molecule has 0 aliphatic rings. The number of carbonyl (C=O) groups is 1. The van der Waals surface area contributed by atoms with Gasteiger partial charge in [0.15, 0.2) is 0 Å². The Morgan fingerprint density at radius 1 is 1.21 bits per heavy atom. The van der Waals surface area contributed by atoms with Crippen LogP contribution < -0.4 is 5.56 Å². The van der Waals surface area contributed by atoms with Crippen molar-refractivity contribution in [2.45, 2.75) is 13.5 Å². The molecule has 2 rings (SSSR count). The van der Waals surface area contributed by atoms with Crippen molar-refractivity contribution in [3.05, 3.63) is 69.6 Å². The van der Waals surface area contributed by atoms with Gasteiger partial charge < -0.3 is 9.30 Å². The molecule has 0 fully saturated rings. The van der Waals surface area contributed by atoms with E-state index >= 15 is 0 Å². The predicted molar refractivity (Wildman–Crippen MR) is 72.3 cm³/mol. The first kappa shape index (κ1) is 13.1. The van der Waals surface area contributed by atoms with E-state index in [1.807, 2.05) is 18.2 Å². The maximum atomic E-state index is 12.0. The van der Waals surface area contributed by atoms with E-state index in [9.17, 15) is 9.59 Å². The Bertz CT molecular complexity index is 658. The molecule has 98 valence electrons. The molecule has 19 heavy (non-hydrogen) atoms. The fourth-order valence-corrected chi connectivity index (χ4v) is 1.93. The van der Waals surface area contributed by atoms with E-state index in [2.05, 4.69) is 0 Å². The van der Waals surface area contributed by atoms with E-state index in [1.165, 1.54) is 7.11 Å². The SMILES string of the molecule is COC(=O)c1ccccc1Cn1cccc(C)c1=O. The van der Waals surface area contributed by atoms with Crippen LogP contribution in [0.4, 0.5) is 0 Å². The first-order valence-electron chi connectivity index (χ1n) is 5.95. The second-order valence-electron chi connectivity index (χ2n) is 4.27. The van der Waals surface area contributed by atoms with E-state index < -0.39 is 5.97 Å². The molecule has 4 heteroatoms. The van der Waals surface area contributed by atoms with Crippen molar-refractivity contribution in [3.8, 4) is 0 Å². The Morgan fingerprint density at radius 3 is 2.68 bits per heavy atom. The fraction of sp³-hybridized carbons (Fsp3) is 0.200. The molecule has 0 saturated carbocycles. The van der Waals surface area contributed by atoms with Gasteiger partial charge in [0.05, 0.1) is 19.2 Å². The van der Waals surface area contributed by atoms with Crippen LogP contribution in [0.3, 0.4) is 0 Å². The lowest BCUT2D eigenvalue weighted by Gasteiger charge is -2.10. The van der Waals surface area contributed by atoms with Gasteiger partial charge in [-0.3, -0.25) is 4.79 Å². The van der Waals surface area contributed by atoms with Gasteiger partial charge >= 0.3 is 5.97 Å². The number of aryl methyl sites for hydroxylation is 1. The summed E-state index contributed by atoms with van der Waals surface area (Å²) in [6, 6.07) is 10.7. The van der Waals surface area contributed by atoms with Crippen LogP contribution in [0.1, 0.15) is 21.5 Å². The lowest BCUT2D eigenvalue weighted by Crippen LogP contribution is -2.22. The molecule has 2 aromatic rings. The number of hydrogen-bond acceptors (Lipinski definition) is 3. The van der Waals surface area contributed by atoms with Gasteiger partial charge in [-0.1, -0.05) is 24.3 Å². The van der Waals surface area contributed by atoms with Gasteiger partial charge in [-0.25, -0.2) is 4.79 Å². The molecule has 0 aliphatic carbocycles. The summed E-state index contributed by atoms with van der Waals surface area (Å²) in [6.45, 7) is 2.12. The van der Waals surface area contributed by atoms with Crippen molar-refractivity contribution in [2.24, 2.45) is 0 Å². The molecule has 0 amide bonds. The first-order valence-corrected chi connectivity index (χ1v) is 5.95. The standard InChI is InChI=1S/C15H15NO3/c1-11-6-5-9-16(14(11)17)10-12-7-3-4-8-13(12)15(18)19-2/h3-9H,10H2,1-2H3. The molecule has 1 aromatic heterocycles. The Kier molecular flexibility index (Phi) is 3.80. The molecule has 0 saturated heterocycles. The van der Waals surface area contributed by atoms with Crippen molar-refractivity contribution >= 4 is 5.97 Å². The fourth-order valence-electron chi connectivity index (χ4n) is 1.93. The van der Waals surface area contributed by atoms with Gasteiger partial charge in [0.25, 0.3) is 5.56 Å². The van der Waals surface area contributed by atoms with Crippen LogP contribution in [0.15, 0.2) is 47.4 Å². The van der Waals surface area contributed by atoms with Gasteiger partial charge in [-0.15, -0.1) is 0 Å². The molecule has 0 aliphatic heterocycles. The Labute approximate surface area is 111 Å². The highest BCUT2D eigenvalue weighted by molar-refractivity contribution is 5.90. The molecule has 0 unspecified atom stereocenters. The van der Waals surface area contributed by atoms with Crippen LogP contribution in [-0.4, -0.2) is 17.6 Å². The molecule has 0 N–H and O–H groups in total. The van der Waals surface area contributed by atoms with Crippen molar-refractivity contribution in [1.82, 2.24) is 4.57 Å². The predicted octanol–water partition coefficient (Wildman–Crippen LogP) is 1.99. The summed E-state index contributed by atoms with van der Waals surface area (Å²) in [5.74, 6) is -0.392. The summed E-state index contributed by atoms with van der Waals surface area (Å²) >= 11 is 0. The molecule has 1 heterocycles. The molecule has 0 radical (unpaired) electrons. The van der Waals surface area contributed by atoms with Crippen LogP contribution in [0.25, 0.3) is 0 Å². The van der Waals surface area contributed by atoms with Gasteiger partial charge in [-0.2, -0.15) is 0 Å². The van der Waals surface area contributed by atoms with Gasteiger partial charge in [0.2, 0.25) is 0 Å². The number of nitrogens with zero attached hydrogens (tertiary/aromatic N) is 1. The van der Waals surface area contributed by atoms with Gasteiger partial charge in [0.1, 0.15) is 0 Å². The normalized spacial score (nSPS) is 10.2. The minimum Gasteiger partial charge on any atom is -0.465 e. The minimum atomic E-state index is -0.392. The second-order valence-corrected chi connectivity index (χ2v) is 4.27. The number of aromatic nitrogens is 1. The number of esters is 1. The maximum Gasteiger partial charge on any atom is 0.338 e. The lowest BCUT2D eigenvalue weighted by molar-refractivity contribution is 0.0599. The third-order valence-corrected chi connectivity index (χ3v) is 2.97. The topological polar surface area (TPSA) is 48.3 Å². The average Bonchev–Trinajstić information content (AvgIpc) is 2.43. The third-order valence-electron chi connectivity index (χ3n) is 2.97. The number of rotatable bonds is 3. The largest absolute Gasteiger partial charge is 0.465 e. The molecular formula is C15H15NO3. The molecule has 4 nitrogen and oxygen atoms in total. The molecule has 0 spiro atoms. The lowest BCUT2D eigenvalue weighted by atomic mass is 10.1. The van der Waals surface area contributed by atoms with Crippen LogP contribution in [0, 0.1) is 6.92 Å². The molecule has 0 atom stereocenters. The van der Waals surface area contributed by atoms with Crippen LogP contribution in [-0.2, 0) is 11.3 Å². The monoisotopic (exact) mass is 257 g/mol. The smallest absolute Gasteiger partial charge is 0.338 e. The highest BCUT2D eigenvalue weighted by Crippen LogP contribution is 2.11. The first-order chi connectivity index (χ1) is 9.13. The molecular weight excluding hydrogens is 242 g/mol. The van der Waals surface area contributed by atoms with Crippen LogP contribution in [0.2, 0.25) is 0 Å². The summed E-state index contributed by atoms with van der Waals surface area (Å²) in [5, 5.41) is 0. The number of carbonyl (C=O) groups excluding carboxylic acids is 1. The van der Waals surface area contributed by atoms with Gasteiger partial charge in [0, 0.05) is 11.8 Å². The Balaban J connectivity index is 2.41. The summed E-state index contributed by atoms with van der Waals surface area (Å²) in [5.41, 5.74) is 1.88. The van der Waals surface area contributed by atoms with E-state index in [-0.39, 0.29) is 5.56 Å². The van der Waals surface area contributed by atoms with Gasteiger partial charge in [-0.05, 0) is 24.6 Å². The average molecular weight is 257 g/mol. The van der Waals surface area contributed by atoms with Crippen molar-refractivity contribution in [3.63, 3.8) is 0 Å². The summed E-state index contributed by atoms with van der Waals surface area (Å²) < 4.78 is 6.32. The maximum absolute atomic E-state index is 12.0. The highest BCUT2D eigenvalue weighted by Gasteiger charge is 2.11. The zero-order valence-electron chi connectivity index (χ0n) is 10.9. The summed E-state index contributed by atoms with van der Waals surface area (Å²) in [4.78, 5) is 23.6. The number of pyridine rings is 1. The van der Waals surface area contributed by atoms with Crippen molar-refractivity contribution in [1.29, 1.82) is 0 Å². The summed E-state index contributed by atoms with van der Waals surface area (Å²) in [7, 11) is 1.35. The van der Waals surface area contributed by atoms with Crippen molar-refractivity contribution in [2.75, 3.05) is 7.11 Å². The van der Waals surface area contributed by atoms with Crippen molar-refractivity contribution < 1.29 is 9.53 Å². The number of benzene rings is 1. The summed E-state index contributed by atoms with van der Waals surface area (Å²) in [6.07, 6.45) is 1.71. The van der Waals surface area contributed by atoms with Crippen LogP contribution >= 0.6 is 0 Å². The number of methoxy groups -OCH3 is 1. The quantitative estimate of drug-likeness (QED) is 0.790. The van der Waals surface area contributed by atoms with Crippen LogP contribution in [0.5, 0.6) is 0 Å². The van der Waals surface area contributed by atoms with E-state index in [4.69, 9.17) is 4.74 Å². The third kappa shape index (κ3) is 2.73. The Morgan fingerprint density at radius 2 is 1.95 bits per heavy atom.